The maximum absolute atomic E-state index is 13.2. The van der Waals surface area contributed by atoms with Crippen LogP contribution in [0.15, 0.2) is 48.7 Å². The minimum absolute atomic E-state index is 0.0385. The Balaban J connectivity index is 1.57. The Morgan fingerprint density at radius 2 is 1.78 bits per heavy atom. The Morgan fingerprint density at radius 3 is 2.53 bits per heavy atom. The molecule has 3 aliphatic rings. The maximum atomic E-state index is 13.2. The van der Waals surface area contributed by atoms with Gasteiger partial charge in [-0.1, -0.05) is 24.6 Å². The first-order chi connectivity index (χ1) is 15.6. The lowest BCUT2D eigenvalue weighted by molar-refractivity contribution is 0.0297. The number of aromatic nitrogens is 1. The zero-order chi connectivity index (χ0) is 22.4. The van der Waals surface area contributed by atoms with Crippen molar-refractivity contribution >= 4 is 11.8 Å². The highest BCUT2D eigenvalue weighted by atomic mass is 16.5. The predicted octanol–water partition coefficient (Wildman–Crippen LogP) is 3.00. The van der Waals surface area contributed by atoms with Crippen molar-refractivity contribution in [3.8, 4) is 5.75 Å². The summed E-state index contributed by atoms with van der Waals surface area (Å²) in [5.74, 6) is 0.381. The Hall–Kier alpha value is -2.93. The molecule has 7 nitrogen and oxygen atoms in total. The van der Waals surface area contributed by atoms with Crippen LogP contribution >= 0.6 is 0 Å². The molecule has 0 aliphatic carbocycles. The maximum Gasteiger partial charge on any atom is 0.272 e. The molecule has 1 fully saturated rings. The van der Waals surface area contributed by atoms with Gasteiger partial charge < -0.3 is 19.6 Å². The summed E-state index contributed by atoms with van der Waals surface area (Å²) < 4.78 is 6.00. The highest BCUT2D eigenvalue weighted by Crippen LogP contribution is 2.37. The Kier molecular flexibility index (Phi) is 7.05. The van der Waals surface area contributed by atoms with Gasteiger partial charge in [-0.05, 0) is 55.4 Å². The molecule has 1 aromatic heterocycles. The number of ether oxygens (including phenoxy) is 1. The number of nitrogens with zero attached hydrogens (tertiary/aromatic N) is 3. The quantitative estimate of drug-likeness (QED) is 0.781. The first-order valence-electron chi connectivity index (χ1n) is 11.4. The molecular formula is C25H31N3O4. The fourth-order valence-electron chi connectivity index (χ4n) is 4.65. The molecule has 1 N–H and O–H groups in total. The number of fused-ring (bicyclic) bond motifs is 9. The van der Waals surface area contributed by atoms with Crippen LogP contribution in [0, 0.1) is 5.41 Å². The summed E-state index contributed by atoms with van der Waals surface area (Å²) in [5, 5.41) is 10.1. The Bertz CT molecular complexity index is 926. The van der Waals surface area contributed by atoms with Crippen LogP contribution in [0.4, 0.5) is 0 Å². The van der Waals surface area contributed by atoms with Crippen LogP contribution < -0.4 is 4.74 Å². The van der Waals surface area contributed by atoms with Crippen molar-refractivity contribution in [1.29, 1.82) is 0 Å². The standard InChI is InChI=1S/C25H31N3O4/c29-19-25-10-4-6-14-27(24(31)21-8-3-5-13-26-21)17-18-32-22-9-2-1-7-20(22)23(30)28(15-11-25)16-12-25/h1-3,5,7-9,13,29H,4,6,10-12,14-19H2. The van der Waals surface area contributed by atoms with E-state index in [1.54, 1.807) is 35.4 Å². The van der Waals surface area contributed by atoms with Gasteiger partial charge in [-0.25, -0.2) is 0 Å². The van der Waals surface area contributed by atoms with Gasteiger partial charge in [0.15, 0.2) is 0 Å². The van der Waals surface area contributed by atoms with Crippen molar-refractivity contribution < 1.29 is 19.4 Å². The van der Waals surface area contributed by atoms with E-state index in [2.05, 4.69) is 4.98 Å². The normalized spacial score (nSPS) is 19.5. The third-order valence-corrected chi connectivity index (χ3v) is 6.74. The molecule has 170 valence electrons. The SMILES string of the molecule is O=C(c1ccccn1)N1CCCCC2(CO)CCN(CC2)C(=O)c2ccccc2OCC1. The second kappa shape index (κ2) is 10.1. The summed E-state index contributed by atoms with van der Waals surface area (Å²) in [6, 6.07) is 12.6. The summed E-state index contributed by atoms with van der Waals surface area (Å²) in [6.07, 6.45) is 5.85. The molecule has 0 saturated carbocycles. The monoisotopic (exact) mass is 437 g/mol. The summed E-state index contributed by atoms with van der Waals surface area (Å²) in [4.78, 5) is 34.1. The number of para-hydroxylation sites is 1. The number of amides is 2. The summed E-state index contributed by atoms with van der Waals surface area (Å²) in [7, 11) is 0. The number of aliphatic hydroxyl groups excluding tert-OH is 1. The van der Waals surface area contributed by atoms with E-state index in [1.807, 2.05) is 23.1 Å². The number of carbonyl (C=O) groups excluding carboxylic acids is 2. The van der Waals surface area contributed by atoms with E-state index in [1.165, 1.54) is 0 Å². The molecule has 0 radical (unpaired) electrons. The second-order valence-electron chi connectivity index (χ2n) is 8.76. The smallest absolute Gasteiger partial charge is 0.272 e. The molecule has 2 bridgehead atoms. The van der Waals surface area contributed by atoms with E-state index in [9.17, 15) is 14.7 Å². The van der Waals surface area contributed by atoms with Crippen LogP contribution in [-0.2, 0) is 0 Å². The molecule has 1 aromatic carbocycles. The van der Waals surface area contributed by atoms with Gasteiger partial charge in [0.1, 0.15) is 18.1 Å². The van der Waals surface area contributed by atoms with Crippen LogP contribution in [0.25, 0.3) is 0 Å². The highest BCUT2D eigenvalue weighted by molar-refractivity contribution is 5.97. The van der Waals surface area contributed by atoms with Crippen LogP contribution in [0.2, 0.25) is 0 Å². The molecular weight excluding hydrogens is 406 g/mol. The zero-order valence-electron chi connectivity index (χ0n) is 18.4. The lowest BCUT2D eigenvalue weighted by Gasteiger charge is -2.41. The number of aliphatic hydroxyl groups is 1. The molecule has 1 saturated heterocycles. The number of carbonyl (C=O) groups is 2. The van der Waals surface area contributed by atoms with Gasteiger partial charge >= 0.3 is 0 Å². The summed E-state index contributed by atoms with van der Waals surface area (Å²) in [6.45, 7) is 2.71. The minimum Gasteiger partial charge on any atom is -0.491 e. The molecule has 5 rings (SSSR count). The van der Waals surface area contributed by atoms with Crippen molar-refractivity contribution in [1.82, 2.24) is 14.8 Å². The lowest BCUT2D eigenvalue weighted by atomic mass is 9.75. The van der Waals surface area contributed by atoms with Gasteiger partial charge in [0.25, 0.3) is 11.8 Å². The van der Waals surface area contributed by atoms with Gasteiger partial charge in [0.2, 0.25) is 0 Å². The van der Waals surface area contributed by atoms with Crippen molar-refractivity contribution in [2.75, 3.05) is 39.4 Å². The van der Waals surface area contributed by atoms with Crippen molar-refractivity contribution in [2.24, 2.45) is 5.41 Å². The number of benzene rings is 1. The molecule has 0 unspecified atom stereocenters. The number of rotatable bonds is 2. The zero-order valence-corrected chi connectivity index (χ0v) is 18.4. The Morgan fingerprint density at radius 1 is 1.00 bits per heavy atom. The van der Waals surface area contributed by atoms with Gasteiger partial charge in [-0.15, -0.1) is 0 Å². The van der Waals surface area contributed by atoms with Crippen LogP contribution in [0.1, 0.15) is 53.0 Å². The fraction of sp³-hybridized carbons (Fsp3) is 0.480. The van der Waals surface area contributed by atoms with Crippen LogP contribution in [0.3, 0.4) is 0 Å². The largest absolute Gasteiger partial charge is 0.491 e. The lowest BCUT2D eigenvalue weighted by Crippen LogP contribution is -2.44. The van der Waals surface area contributed by atoms with E-state index in [0.717, 1.165) is 32.1 Å². The van der Waals surface area contributed by atoms with Gasteiger partial charge in [-0.3, -0.25) is 14.6 Å². The van der Waals surface area contributed by atoms with Crippen molar-refractivity contribution in [2.45, 2.75) is 32.1 Å². The highest BCUT2D eigenvalue weighted by Gasteiger charge is 2.36. The third-order valence-electron chi connectivity index (χ3n) is 6.74. The Labute approximate surface area is 189 Å². The van der Waals surface area contributed by atoms with Crippen molar-refractivity contribution in [3.63, 3.8) is 0 Å². The topological polar surface area (TPSA) is 83.0 Å². The molecule has 0 atom stereocenters. The number of pyridine rings is 1. The molecule has 7 heteroatoms. The minimum atomic E-state index is -0.150. The van der Waals surface area contributed by atoms with E-state index in [4.69, 9.17) is 4.74 Å². The van der Waals surface area contributed by atoms with Gasteiger partial charge in [0, 0.05) is 32.4 Å². The molecule has 0 spiro atoms. The van der Waals surface area contributed by atoms with Crippen molar-refractivity contribution in [3.05, 3.63) is 59.9 Å². The predicted molar refractivity (Wildman–Crippen MR) is 121 cm³/mol. The van der Waals surface area contributed by atoms with E-state index in [0.29, 0.717) is 49.8 Å². The number of piperidine rings is 1. The number of hydrogen-bond donors (Lipinski definition) is 1. The summed E-state index contributed by atoms with van der Waals surface area (Å²) in [5.41, 5.74) is 0.809. The first kappa shape index (κ1) is 22.3. The van der Waals surface area contributed by atoms with Gasteiger partial charge in [0.05, 0.1) is 12.1 Å². The first-order valence-corrected chi connectivity index (χ1v) is 11.4. The fourth-order valence-corrected chi connectivity index (χ4v) is 4.65. The third kappa shape index (κ3) is 4.93. The van der Waals surface area contributed by atoms with E-state index >= 15 is 0 Å². The molecule has 2 amide bonds. The number of hydrogen-bond acceptors (Lipinski definition) is 5. The van der Waals surface area contributed by atoms with Gasteiger partial charge in [-0.2, -0.15) is 0 Å². The molecule has 4 heterocycles. The van der Waals surface area contributed by atoms with Crippen LogP contribution in [0.5, 0.6) is 5.75 Å². The average Bonchev–Trinajstić information content (AvgIpc) is 2.86. The van der Waals surface area contributed by atoms with E-state index in [-0.39, 0.29) is 23.8 Å². The van der Waals surface area contributed by atoms with E-state index < -0.39 is 0 Å². The second-order valence-corrected chi connectivity index (χ2v) is 8.76. The van der Waals surface area contributed by atoms with Crippen LogP contribution in [-0.4, -0.2) is 71.1 Å². The summed E-state index contributed by atoms with van der Waals surface area (Å²) >= 11 is 0. The average molecular weight is 438 g/mol. The molecule has 3 aliphatic heterocycles. The molecule has 32 heavy (non-hydrogen) atoms. The molecule has 2 aromatic rings.